The van der Waals surface area contributed by atoms with Crippen LogP contribution in [0.5, 0.6) is 0 Å². The molecule has 1 fully saturated rings. The maximum Gasteiger partial charge on any atom is 0.164 e. The van der Waals surface area contributed by atoms with Crippen LogP contribution in [0.3, 0.4) is 0 Å². The van der Waals surface area contributed by atoms with Crippen molar-refractivity contribution in [3.63, 3.8) is 0 Å². The molecule has 0 aliphatic carbocycles. The van der Waals surface area contributed by atoms with Crippen LogP contribution < -0.4 is 5.73 Å². The zero-order chi connectivity index (χ0) is 27.9. The van der Waals surface area contributed by atoms with E-state index in [4.69, 9.17) is 16.0 Å². The number of nitrogens with zero attached hydrogens (tertiary/aromatic N) is 8. The number of likely N-dealkylation sites (N-methyl/N-ethyl adjacent to an activating group) is 1. The number of nitriles is 1. The average Bonchev–Trinajstić information content (AvgIpc) is 3.38. The van der Waals surface area contributed by atoms with Gasteiger partial charge in [-0.15, -0.1) is 0 Å². The number of carbonyl (C=O) groups excluding carboxylic acids is 1. The Morgan fingerprint density at radius 2 is 1.75 bits per heavy atom. The third-order valence-electron chi connectivity index (χ3n) is 6.72. The van der Waals surface area contributed by atoms with Crippen molar-refractivity contribution in [2.24, 2.45) is 0 Å². The molecule has 1 aliphatic heterocycles. The van der Waals surface area contributed by atoms with Crippen molar-refractivity contribution in [3.05, 3.63) is 96.1 Å². The minimum absolute atomic E-state index is 0.407. The third kappa shape index (κ3) is 6.02. The molecular weight excluding hydrogens is 502 g/mol. The van der Waals surface area contributed by atoms with Gasteiger partial charge >= 0.3 is 0 Å². The molecule has 10 nitrogen and oxygen atoms in total. The molecular formula is C30H29N9O. The van der Waals surface area contributed by atoms with Crippen molar-refractivity contribution >= 4 is 23.3 Å². The number of aromatic nitrogens is 5. The van der Waals surface area contributed by atoms with Gasteiger partial charge in [0, 0.05) is 68.8 Å². The van der Waals surface area contributed by atoms with Crippen LogP contribution >= 0.6 is 0 Å². The molecule has 0 saturated carbocycles. The lowest BCUT2D eigenvalue weighted by molar-refractivity contribution is 0.112. The van der Waals surface area contributed by atoms with Crippen molar-refractivity contribution in [1.82, 2.24) is 34.3 Å². The van der Waals surface area contributed by atoms with E-state index >= 15 is 0 Å². The number of hydrogen-bond acceptors (Lipinski definition) is 9. The third-order valence-corrected chi connectivity index (χ3v) is 6.72. The molecule has 0 unspecified atom stereocenters. The van der Waals surface area contributed by atoms with Crippen molar-refractivity contribution in [3.8, 4) is 23.1 Å². The van der Waals surface area contributed by atoms with Crippen LogP contribution in [0, 0.1) is 11.3 Å². The van der Waals surface area contributed by atoms with E-state index in [1.54, 1.807) is 12.4 Å². The maximum atomic E-state index is 10.1. The Bertz CT molecular complexity index is 1650. The van der Waals surface area contributed by atoms with E-state index in [-0.39, 0.29) is 0 Å². The Kier molecular flexibility index (Phi) is 8.15. The molecule has 1 aromatic carbocycles. The predicted octanol–water partition coefficient (Wildman–Crippen LogP) is 3.58. The van der Waals surface area contributed by atoms with E-state index in [1.807, 2.05) is 30.3 Å². The number of imidazole rings is 1. The van der Waals surface area contributed by atoms with Gasteiger partial charge in [0.25, 0.3) is 0 Å². The number of anilines is 1. The number of hydrogen-bond donors (Lipinski definition) is 1. The van der Waals surface area contributed by atoms with Gasteiger partial charge < -0.3 is 10.6 Å². The number of rotatable bonds is 5. The van der Waals surface area contributed by atoms with Crippen molar-refractivity contribution in [1.29, 1.82) is 5.26 Å². The van der Waals surface area contributed by atoms with Gasteiger partial charge in [0.1, 0.15) is 17.4 Å². The van der Waals surface area contributed by atoms with Gasteiger partial charge in [0.2, 0.25) is 0 Å². The Morgan fingerprint density at radius 3 is 2.48 bits per heavy atom. The molecule has 5 heterocycles. The van der Waals surface area contributed by atoms with E-state index in [9.17, 15) is 4.79 Å². The molecule has 5 aromatic rings. The summed E-state index contributed by atoms with van der Waals surface area (Å²) in [7, 11) is 2.18. The highest BCUT2D eigenvalue weighted by Crippen LogP contribution is 2.30. The molecule has 40 heavy (non-hydrogen) atoms. The minimum atomic E-state index is 0.407. The average molecular weight is 532 g/mol. The second-order valence-corrected chi connectivity index (χ2v) is 9.54. The Balaban J connectivity index is 0.000000274. The van der Waals surface area contributed by atoms with Gasteiger partial charge in [-0.2, -0.15) is 5.26 Å². The molecule has 6 rings (SSSR count). The molecule has 0 bridgehead atoms. The van der Waals surface area contributed by atoms with Gasteiger partial charge in [0.15, 0.2) is 17.8 Å². The number of nitrogens with two attached hydrogens (primary N) is 1. The fourth-order valence-corrected chi connectivity index (χ4v) is 4.54. The molecule has 1 aliphatic rings. The van der Waals surface area contributed by atoms with E-state index in [1.165, 1.54) is 24.0 Å². The number of aldehydes is 1. The van der Waals surface area contributed by atoms with Gasteiger partial charge in [-0.25, -0.2) is 15.0 Å². The van der Waals surface area contributed by atoms with Gasteiger partial charge in [-0.05, 0) is 55.1 Å². The van der Waals surface area contributed by atoms with E-state index < -0.39 is 0 Å². The zero-order valence-corrected chi connectivity index (χ0v) is 22.2. The lowest BCUT2D eigenvalue weighted by Crippen LogP contribution is -2.43. The first-order valence-corrected chi connectivity index (χ1v) is 12.9. The number of carbonyl (C=O) groups is 1. The van der Waals surface area contributed by atoms with Crippen LogP contribution in [0.4, 0.5) is 5.82 Å². The molecule has 0 spiro atoms. The van der Waals surface area contributed by atoms with E-state index in [0.717, 1.165) is 61.0 Å². The van der Waals surface area contributed by atoms with Gasteiger partial charge in [0.05, 0.1) is 11.1 Å². The molecule has 2 N–H and O–H groups in total. The number of nitrogen functional groups attached to an aromatic ring is 1. The molecule has 1 saturated heterocycles. The Morgan fingerprint density at radius 1 is 1.00 bits per heavy atom. The largest absolute Gasteiger partial charge is 0.383 e. The van der Waals surface area contributed by atoms with Crippen molar-refractivity contribution in [2.45, 2.75) is 6.54 Å². The molecule has 4 aromatic heterocycles. The quantitative estimate of drug-likeness (QED) is 0.338. The summed E-state index contributed by atoms with van der Waals surface area (Å²) < 4.78 is 2.06. The number of pyridine rings is 3. The first kappa shape index (κ1) is 26.6. The van der Waals surface area contributed by atoms with Crippen LogP contribution in [0.15, 0.2) is 79.4 Å². The summed E-state index contributed by atoms with van der Waals surface area (Å²) in [4.78, 5) is 32.3. The zero-order valence-electron chi connectivity index (χ0n) is 22.2. The summed E-state index contributed by atoms with van der Waals surface area (Å²) in [5, 5.41) is 8.35. The van der Waals surface area contributed by atoms with Crippen LogP contribution in [0.1, 0.15) is 21.5 Å². The highest BCUT2D eigenvalue weighted by atomic mass is 16.1. The van der Waals surface area contributed by atoms with Gasteiger partial charge in [-0.1, -0.05) is 12.1 Å². The van der Waals surface area contributed by atoms with E-state index in [0.29, 0.717) is 23.2 Å². The van der Waals surface area contributed by atoms with Crippen LogP contribution in [0.25, 0.3) is 28.2 Å². The summed E-state index contributed by atoms with van der Waals surface area (Å²) in [5.41, 5.74) is 11.8. The Labute approximate surface area is 232 Å². The lowest BCUT2D eigenvalue weighted by Gasteiger charge is -2.32. The highest BCUT2D eigenvalue weighted by Gasteiger charge is 2.18. The Hall–Kier alpha value is -4.98. The molecule has 0 amide bonds. The first-order valence-electron chi connectivity index (χ1n) is 12.9. The molecule has 200 valence electrons. The second-order valence-electron chi connectivity index (χ2n) is 9.54. The summed E-state index contributed by atoms with van der Waals surface area (Å²) in [6.45, 7) is 5.44. The predicted molar refractivity (Wildman–Crippen MR) is 154 cm³/mol. The lowest BCUT2D eigenvalue weighted by atomic mass is 10.1. The molecule has 0 atom stereocenters. The summed E-state index contributed by atoms with van der Waals surface area (Å²) in [6.07, 6.45) is 6.96. The standard InChI is InChI=1S/C23H25N7.C7H4N2O/c1-28-12-14-29(15-13-28)16-17-6-8-18(9-7-17)30-22(19-4-2-10-25-21(19)24)27-20-5-3-11-26-23(20)30;8-2-6-1-7(5-10)4-9-3-6/h2-11H,12-16H2,1H3,(H2,24,25);1,3-5H. The second kappa shape index (κ2) is 12.3. The SMILES string of the molecule is CN1CCN(Cc2ccc(-n3c(-c4cccnc4N)nc4cccnc43)cc2)CC1.N#Cc1cncc(C=O)c1. The van der Waals surface area contributed by atoms with Crippen LogP contribution in [-0.4, -0.2) is 73.8 Å². The summed E-state index contributed by atoms with van der Waals surface area (Å²) in [5.74, 6) is 1.21. The van der Waals surface area contributed by atoms with Crippen molar-refractivity contribution in [2.75, 3.05) is 39.0 Å². The monoisotopic (exact) mass is 531 g/mol. The summed E-state index contributed by atoms with van der Waals surface area (Å²) >= 11 is 0. The normalized spacial score (nSPS) is 13.8. The first-order chi connectivity index (χ1) is 19.6. The number of fused-ring (bicyclic) bond motifs is 1. The fraction of sp³-hybridized carbons (Fsp3) is 0.200. The molecule has 0 radical (unpaired) electrons. The van der Waals surface area contributed by atoms with E-state index in [2.05, 4.69) is 60.6 Å². The number of piperazine rings is 1. The number of benzene rings is 1. The topological polar surface area (TPSA) is 130 Å². The highest BCUT2D eigenvalue weighted by molar-refractivity contribution is 5.82. The van der Waals surface area contributed by atoms with Crippen molar-refractivity contribution < 1.29 is 4.79 Å². The van der Waals surface area contributed by atoms with Crippen LogP contribution in [0.2, 0.25) is 0 Å². The summed E-state index contributed by atoms with van der Waals surface area (Å²) in [6, 6.07) is 19.7. The smallest absolute Gasteiger partial charge is 0.164 e. The maximum absolute atomic E-state index is 10.1. The van der Waals surface area contributed by atoms with Gasteiger partial charge in [-0.3, -0.25) is 19.2 Å². The molecule has 10 heteroatoms. The fourth-order valence-electron chi connectivity index (χ4n) is 4.54. The van der Waals surface area contributed by atoms with Crippen LogP contribution in [-0.2, 0) is 6.54 Å². The minimum Gasteiger partial charge on any atom is -0.383 e.